The van der Waals surface area contributed by atoms with Crippen molar-refractivity contribution in [1.82, 2.24) is 14.7 Å². The molecule has 3 fully saturated rings. The van der Waals surface area contributed by atoms with E-state index in [9.17, 15) is 4.79 Å². The minimum absolute atomic E-state index is 0.256. The van der Waals surface area contributed by atoms with Crippen LogP contribution in [0.3, 0.4) is 0 Å². The molecule has 1 aromatic carbocycles. The summed E-state index contributed by atoms with van der Waals surface area (Å²) in [6, 6.07) is 7.61. The Morgan fingerprint density at radius 2 is 2.09 bits per heavy atom. The van der Waals surface area contributed by atoms with Crippen LogP contribution in [0.15, 0.2) is 23.8 Å². The Labute approximate surface area is 198 Å². The quantitative estimate of drug-likeness (QED) is 0.647. The van der Waals surface area contributed by atoms with E-state index in [1.165, 1.54) is 36.1 Å². The SMILES string of the molecule is CCCC(CC)C1=C2c3ccc(OC)cc3C3CC3(C(=O)N3C[C@H]4C[C@@H]3CN4C)CN2CC1. The number of fused-ring (bicyclic) bond motifs is 7. The highest BCUT2D eigenvalue weighted by molar-refractivity contribution is 5.91. The van der Waals surface area contributed by atoms with Crippen LogP contribution < -0.4 is 4.74 Å². The number of ether oxygens (including phenoxy) is 1. The second-order valence-corrected chi connectivity index (χ2v) is 11.2. The lowest BCUT2D eigenvalue weighted by atomic mass is 9.87. The number of piperazine rings is 1. The topological polar surface area (TPSA) is 36.0 Å². The molecule has 0 spiro atoms. The molecule has 3 unspecified atom stereocenters. The summed E-state index contributed by atoms with van der Waals surface area (Å²) in [6.45, 7) is 8.55. The average Bonchev–Trinajstić information content (AvgIpc) is 3.06. The van der Waals surface area contributed by atoms with Crippen LogP contribution in [-0.4, -0.2) is 73.0 Å². The van der Waals surface area contributed by atoms with Crippen LogP contribution >= 0.6 is 0 Å². The van der Waals surface area contributed by atoms with E-state index in [0.29, 0.717) is 29.8 Å². The molecule has 0 radical (unpaired) electrons. The first-order chi connectivity index (χ1) is 16.0. The summed E-state index contributed by atoms with van der Waals surface area (Å²) in [7, 11) is 3.96. The molecule has 1 aromatic rings. The summed E-state index contributed by atoms with van der Waals surface area (Å²) in [5, 5.41) is 0. The van der Waals surface area contributed by atoms with Crippen molar-refractivity contribution in [1.29, 1.82) is 0 Å². The van der Waals surface area contributed by atoms with E-state index < -0.39 is 0 Å². The van der Waals surface area contributed by atoms with E-state index in [4.69, 9.17) is 4.74 Å². The van der Waals surface area contributed by atoms with Gasteiger partial charge in [0.15, 0.2) is 0 Å². The number of benzene rings is 1. The monoisotopic (exact) mass is 449 g/mol. The van der Waals surface area contributed by atoms with Gasteiger partial charge in [-0.2, -0.15) is 0 Å². The number of rotatable bonds is 6. The van der Waals surface area contributed by atoms with Crippen LogP contribution in [0.2, 0.25) is 0 Å². The zero-order valence-electron chi connectivity index (χ0n) is 20.8. The number of amides is 1. The summed E-state index contributed by atoms with van der Waals surface area (Å²) in [5.41, 5.74) is 5.56. The van der Waals surface area contributed by atoms with Gasteiger partial charge in [-0.3, -0.25) is 9.69 Å². The van der Waals surface area contributed by atoms with Gasteiger partial charge >= 0.3 is 0 Å². The molecule has 0 N–H and O–H groups in total. The van der Waals surface area contributed by atoms with Gasteiger partial charge in [-0.05, 0) is 74.4 Å². The molecule has 5 aliphatic rings. The maximum absolute atomic E-state index is 14.2. The largest absolute Gasteiger partial charge is 0.497 e. The number of likely N-dealkylation sites (N-methyl/N-ethyl adjacent to an activating group) is 1. The van der Waals surface area contributed by atoms with Crippen LogP contribution in [0, 0.1) is 11.3 Å². The molecule has 4 heterocycles. The molecular weight excluding hydrogens is 410 g/mol. The van der Waals surface area contributed by atoms with E-state index in [1.54, 1.807) is 12.7 Å². The van der Waals surface area contributed by atoms with Crippen LogP contribution in [0.1, 0.15) is 69.4 Å². The Bertz CT molecular complexity index is 1000. The zero-order chi connectivity index (χ0) is 22.9. The molecule has 6 rings (SSSR count). The average molecular weight is 450 g/mol. The van der Waals surface area contributed by atoms with Gasteiger partial charge in [0.2, 0.25) is 5.91 Å². The summed E-state index contributed by atoms with van der Waals surface area (Å²) in [5.74, 6) is 2.31. The van der Waals surface area contributed by atoms with E-state index in [-0.39, 0.29) is 5.41 Å². The Morgan fingerprint density at radius 3 is 2.76 bits per heavy atom. The maximum atomic E-state index is 14.2. The molecule has 5 nitrogen and oxygen atoms in total. The number of hydrogen-bond acceptors (Lipinski definition) is 4. The number of likely N-dealkylation sites (tertiary alicyclic amines) is 2. The second-order valence-electron chi connectivity index (χ2n) is 11.2. The molecule has 0 aromatic heterocycles. The standard InChI is InChI=1S/C28H39N3O2/c1-5-7-18(6-2)22-10-11-30-17-28(27(32)31-16-19-12-20(31)15-29(19)3)14-25(28)24-13-21(33-4)8-9-23(24)26(22)30/h8-9,13,18-20,25H,5-7,10-12,14-17H2,1-4H3/t18?,19-,20-,25?,28?/m1/s1. The fraction of sp³-hybridized carbons (Fsp3) is 0.679. The highest BCUT2D eigenvalue weighted by Gasteiger charge is 2.66. The molecule has 5 atom stereocenters. The van der Waals surface area contributed by atoms with Gasteiger partial charge < -0.3 is 14.5 Å². The van der Waals surface area contributed by atoms with Crippen molar-refractivity contribution in [3.05, 3.63) is 34.9 Å². The highest BCUT2D eigenvalue weighted by atomic mass is 16.5. The lowest BCUT2D eigenvalue weighted by Gasteiger charge is -2.36. The number of nitrogens with zero attached hydrogens (tertiary/aromatic N) is 3. The van der Waals surface area contributed by atoms with Crippen molar-refractivity contribution in [2.45, 2.75) is 70.4 Å². The number of carbonyl (C=O) groups excluding carboxylic acids is 1. The highest BCUT2D eigenvalue weighted by Crippen LogP contribution is 2.65. The first kappa shape index (κ1) is 21.5. The summed E-state index contributed by atoms with van der Waals surface area (Å²) >= 11 is 0. The van der Waals surface area contributed by atoms with E-state index in [0.717, 1.165) is 51.2 Å². The second kappa shape index (κ2) is 7.76. The third kappa shape index (κ3) is 3.10. The number of hydrogen-bond donors (Lipinski definition) is 0. The first-order valence-corrected chi connectivity index (χ1v) is 13.2. The van der Waals surface area contributed by atoms with Gasteiger partial charge in [-0.1, -0.05) is 20.3 Å². The smallest absolute Gasteiger partial charge is 0.231 e. The van der Waals surface area contributed by atoms with Crippen molar-refractivity contribution < 1.29 is 9.53 Å². The summed E-state index contributed by atoms with van der Waals surface area (Å²) in [4.78, 5) is 21.5. The minimum atomic E-state index is -0.256. The fourth-order valence-corrected chi connectivity index (χ4v) is 7.67. The van der Waals surface area contributed by atoms with Crippen molar-refractivity contribution in [2.24, 2.45) is 11.3 Å². The molecule has 2 bridgehead atoms. The fourth-order valence-electron chi connectivity index (χ4n) is 7.67. The van der Waals surface area contributed by atoms with Crippen LogP contribution in [-0.2, 0) is 4.79 Å². The summed E-state index contributed by atoms with van der Waals surface area (Å²) in [6.07, 6.45) is 6.97. The van der Waals surface area contributed by atoms with E-state index in [2.05, 4.69) is 53.8 Å². The van der Waals surface area contributed by atoms with Crippen LogP contribution in [0.25, 0.3) is 5.70 Å². The van der Waals surface area contributed by atoms with E-state index >= 15 is 0 Å². The number of carbonyl (C=O) groups is 1. The van der Waals surface area contributed by atoms with Crippen molar-refractivity contribution >= 4 is 11.6 Å². The van der Waals surface area contributed by atoms with Gasteiger partial charge in [0, 0.05) is 55.4 Å². The molecular formula is C28H39N3O2. The normalized spacial score (nSPS) is 33.0. The molecule has 2 saturated heterocycles. The Kier molecular flexibility index (Phi) is 5.06. The third-order valence-electron chi connectivity index (χ3n) is 9.53. The Morgan fingerprint density at radius 1 is 1.24 bits per heavy atom. The molecule has 1 aliphatic carbocycles. The third-order valence-corrected chi connectivity index (χ3v) is 9.53. The van der Waals surface area contributed by atoms with E-state index in [1.807, 2.05) is 0 Å². The van der Waals surface area contributed by atoms with Gasteiger partial charge in [0.25, 0.3) is 0 Å². The summed E-state index contributed by atoms with van der Waals surface area (Å²) < 4.78 is 5.65. The van der Waals surface area contributed by atoms with Crippen LogP contribution in [0.5, 0.6) is 5.75 Å². The van der Waals surface area contributed by atoms with Crippen LogP contribution in [0.4, 0.5) is 0 Å². The Hall–Kier alpha value is -2.01. The minimum Gasteiger partial charge on any atom is -0.497 e. The van der Waals surface area contributed by atoms with Gasteiger partial charge in [-0.15, -0.1) is 0 Å². The van der Waals surface area contributed by atoms with Gasteiger partial charge in [0.1, 0.15) is 5.75 Å². The maximum Gasteiger partial charge on any atom is 0.231 e. The Balaban J connectivity index is 1.41. The first-order valence-electron chi connectivity index (χ1n) is 13.2. The molecule has 1 saturated carbocycles. The molecule has 5 heteroatoms. The molecule has 33 heavy (non-hydrogen) atoms. The van der Waals surface area contributed by atoms with Gasteiger partial charge in [0.05, 0.1) is 12.5 Å². The molecule has 1 amide bonds. The lowest BCUT2D eigenvalue weighted by Crippen LogP contribution is -2.51. The zero-order valence-corrected chi connectivity index (χ0v) is 20.8. The van der Waals surface area contributed by atoms with Gasteiger partial charge in [-0.25, -0.2) is 0 Å². The van der Waals surface area contributed by atoms with Crippen molar-refractivity contribution in [2.75, 3.05) is 40.3 Å². The van der Waals surface area contributed by atoms with Crippen molar-refractivity contribution in [3.8, 4) is 5.75 Å². The predicted molar refractivity (Wildman–Crippen MR) is 131 cm³/mol. The number of methoxy groups -OCH3 is 1. The predicted octanol–water partition coefficient (Wildman–Crippen LogP) is 4.34. The lowest BCUT2D eigenvalue weighted by molar-refractivity contribution is -0.140. The van der Waals surface area contributed by atoms with Crippen molar-refractivity contribution in [3.63, 3.8) is 0 Å². The molecule has 178 valence electrons. The molecule has 4 aliphatic heterocycles.